The minimum atomic E-state index is -0.447. The molecular formula is C11H7Cl2N3O. The monoisotopic (exact) mass is 267 g/mol. The van der Waals surface area contributed by atoms with Crippen molar-refractivity contribution in [2.75, 3.05) is 13.1 Å². The molecule has 1 rings (SSSR count). The van der Waals surface area contributed by atoms with Crippen LogP contribution in [-0.2, 0) is 0 Å². The fraction of sp³-hybridized carbons (Fsp3) is 0.182. The van der Waals surface area contributed by atoms with Gasteiger partial charge in [-0.15, -0.1) is 0 Å². The molecule has 1 aromatic rings. The van der Waals surface area contributed by atoms with Gasteiger partial charge >= 0.3 is 0 Å². The standard InChI is InChI=1S/C11H7Cl2N3O/c12-9-5-8(6-10(13)7-9)11(17)16(3-1-14)4-2-15/h5-7H,3-4H2. The predicted octanol–water partition coefficient (Wildman–Crippen LogP) is 2.48. The summed E-state index contributed by atoms with van der Waals surface area (Å²) in [6, 6.07) is 8.02. The van der Waals surface area contributed by atoms with Crippen LogP contribution < -0.4 is 0 Å². The Morgan fingerprint density at radius 1 is 1.12 bits per heavy atom. The molecule has 17 heavy (non-hydrogen) atoms. The molecule has 0 N–H and O–H groups in total. The number of amides is 1. The second-order valence-electron chi connectivity index (χ2n) is 3.14. The number of carbonyl (C=O) groups excluding carboxylic acids is 1. The molecule has 1 amide bonds. The van der Waals surface area contributed by atoms with E-state index in [0.717, 1.165) is 4.90 Å². The third kappa shape index (κ3) is 3.64. The molecule has 0 bridgehead atoms. The van der Waals surface area contributed by atoms with E-state index < -0.39 is 5.91 Å². The molecule has 0 aliphatic heterocycles. The lowest BCUT2D eigenvalue weighted by Gasteiger charge is -2.15. The molecule has 0 heterocycles. The fourth-order valence-corrected chi connectivity index (χ4v) is 1.76. The van der Waals surface area contributed by atoms with Crippen LogP contribution >= 0.6 is 23.2 Å². The van der Waals surface area contributed by atoms with Crippen LogP contribution in [0.15, 0.2) is 18.2 Å². The molecule has 6 heteroatoms. The zero-order chi connectivity index (χ0) is 12.8. The van der Waals surface area contributed by atoms with Crippen molar-refractivity contribution < 1.29 is 4.79 Å². The molecule has 86 valence electrons. The van der Waals surface area contributed by atoms with Crippen LogP contribution in [0, 0.1) is 22.7 Å². The normalized spacial score (nSPS) is 9.18. The van der Waals surface area contributed by atoms with E-state index in [0.29, 0.717) is 10.0 Å². The predicted molar refractivity (Wildman–Crippen MR) is 63.6 cm³/mol. The SMILES string of the molecule is N#CCN(CC#N)C(=O)c1cc(Cl)cc(Cl)c1. The Labute approximate surface area is 109 Å². The Bertz CT molecular complexity index is 480. The van der Waals surface area contributed by atoms with E-state index in [9.17, 15) is 4.79 Å². The zero-order valence-electron chi connectivity index (χ0n) is 8.65. The minimum Gasteiger partial charge on any atom is -0.312 e. The van der Waals surface area contributed by atoms with Gasteiger partial charge in [0.1, 0.15) is 13.1 Å². The Hall–Kier alpha value is -1.75. The third-order valence-electron chi connectivity index (χ3n) is 1.92. The maximum absolute atomic E-state index is 11.9. The van der Waals surface area contributed by atoms with Crippen LogP contribution in [0.5, 0.6) is 0 Å². The largest absolute Gasteiger partial charge is 0.312 e. The number of hydrogen-bond acceptors (Lipinski definition) is 3. The summed E-state index contributed by atoms with van der Waals surface area (Å²) in [6.45, 7) is -0.312. The number of carbonyl (C=O) groups is 1. The number of hydrogen-bond donors (Lipinski definition) is 0. The van der Waals surface area contributed by atoms with Gasteiger partial charge in [0.05, 0.1) is 12.1 Å². The molecule has 1 aromatic carbocycles. The molecule has 0 fully saturated rings. The Morgan fingerprint density at radius 3 is 2.00 bits per heavy atom. The number of nitrogens with zero attached hydrogens (tertiary/aromatic N) is 3. The summed E-state index contributed by atoms with van der Waals surface area (Å²) >= 11 is 11.5. The topological polar surface area (TPSA) is 67.9 Å². The highest BCUT2D eigenvalue weighted by atomic mass is 35.5. The van der Waals surface area contributed by atoms with Gasteiger partial charge in [-0.25, -0.2) is 0 Å². The molecule has 0 atom stereocenters. The summed E-state index contributed by atoms with van der Waals surface area (Å²) in [5.41, 5.74) is 0.257. The summed E-state index contributed by atoms with van der Waals surface area (Å²) in [7, 11) is 0. The van der Waals surface area contributed by atoms with E-state index >= 15 is 0 Å². The smallest absolute Gasteiger partial charge is 0.255 e. The number of halogens is 2. The number of rotatable bonds is 3. The molecule has 0 saturated heterocycles. The van der Waals surface area contributed by atoms with Crippen molar-refractivity contribution in [3.63, 3.8) is 0 Å². The van der Waals surface area contributed by atoms with Gasteiger partial charge in [0.25, 0.3) is 5.91 Å². The van der Waals surface area contributed by atoms with Gasteiger partial charge in [-0.3, -0.25) is 4.79 Å². The molecule has 0 radical (unpaired) electrons. The molecule has 0 aromatic heterocycles. The molecule has 0 unspecified atom stereocenters. The second kappa shape index (κ2) is 6.10. The zero-order valence-corrected chi connectivity index (χ0v) is 10.2. The average Bonchev–Trinajstić information content (AvgIpc) is 2.26. The molecule has 0 spiro atoms. The summed E-state index contributed by atoms with van der Waals surface area (Å²) in [5, 5.41) is 17.8. The van der Waals surface area contributed by atoms with Crippen molar-refractivity contribution in [2.24, 2.45) is 0 Å². The van der Waals surface area contributed by atoms with Gasteiger partial charge in [-0.1, -0.05) is 23.2 Å². The summed E-state index contributed by atoms with van der Waals surface area (Å²) < 4.78 is 0. The van der Waals surface area contributed by atoms with Crippen LogP contribution in [0.2, 0.25) is 10.0 Å². The summed E-state index contributed by atoms with van der Waals surface area (Å²) in [6.07, 6.45) is 0. The quantitative estimate of drug-likeness (QED) is 0.791. The highest BCUT2D eigenvalue weighted by molar-refractivity contribution is 6.35. The average molecular weight is 268 g/mol. The molecule has 0 saturated carbocycles. The Balaban J connectivity index is 3.02. The van der Waals surface area contributed by atoms with Crippen LogP contribution in [0.25, 0.3) is 0 Å². The maximum Gasteiger partial charge on any atom is 0.255 e. The van der Waals surface area contributed by atoms with Gasteiger partial charge in [-0.2, -0.15) is 10.5 Å². The lowest BCUT2D eigenvalue weighted by Crippen LogP contribution is -2.31. The van der Waals surface area contributed by atoms with Crippen molar-refractivity contribution in [3.05, 3.63) is 33.8 Å². The van der Waals surface area contributed by atoms with Crippen LogP contribution in [0.3, 0.4) is 0 Å². The summed E-state index contributed by atoms with van der Waals surface area (Å²) in [4.78, 5) is 13.0. The molecule has 4 nitrogen and oxygen atoms in total. The fourth-order valence-electron chi connectivity index (χ4n) is 1.23. The minimum absolute atomic E-state index is 0.156. The first-order valence-electron chi connectivity index (χ1n) is 4.57. The third-order valence-corrected chi connectivity index (χ3v) is 2.36. The molecular weight excluding hydrogens is 261 g/mol. The summed E-state index contributed by atoms with van der Waals surface area (Å²) in [5.74, 6) is -0.447. The van der Waals surface area contributed by atoms with Crippen molar-refractivity contribution >= 4 is 29.1 Å². The Kier molecular flexibility index (Phi) is 4.78. The Morgan fingerprint density at radius 2 is 1.59 bits per heavy atom. The lowest BCUT2D eigenvalue weighted by atomic mass is 10.2. The van der Waals surface area contributed by atoms with Gasteiger partial charge < -0.3 is 4.90 Å². The van der Waals surface area contributed by atoms with Crippen molar-refractivity contribution in [3.8, 4) is 12.1 Å². The first-order valence-corrected chi connectivity index (χ1v) is 5.33. The highest BCUT2D eigenvalue weighted by Crippen LogP contribution is 2.20. The lowest BCUT2D eigenvalue weighted by molar-refractivity contribution is 0.0794. The van der Waals surface area contributed by atoms with E-state index in [1.165, 1.54) is 18.2 Å². The van der Waals surface area contributed by atoms with Crippen molar-refractivity contribution in [1.29, 1.82) is 10.5 Å². The maximum atomic E-state index is 11.9. The number of nitriles is 2. The molecule has 0 aliphatic rings. The van der Waals surface area contributed by atoms with Crippen LogP contribution in [0.4, 0.5) is 0 Å². The van der Waals surface area contributed by atoms with E-state index in [1.807, 2.05) is 12.1 Å². The highest BCUT2D eigenvalue weighted by Gasteiger charge is 2.16. The van der Waals surface area contributed by atoms with E-state index in [-0.39, 0.29) is 18.7 Å². The van der Waals surface area contributed by atoms with Crippen molar-refractivity contribution in [1.82, 2.24) is 4.90 Å². The van der Waals surface area contributed by atoms with E-state index in [4.69, 9.17) is 33.7 Å². The van der Waals surface area contributed by atoms with E-state index in [1.54, 1.807) is 0 Å². The first-order chi connectivity index (χ1) is 8.08. The van der Waals surface area contributed by atoms with Crippen LogP contribution in [-0.4, -0.2) is 23.9 Å². The first kappa shape index (κ1) is 13.3. The van der Waals surface area contributed by atoms with Crippen LogP contribution in [0.1, 0.15) is 10.4 Å². The van der Waals surface area contributed by atoms with Gasteiger partial charge in [0.2, 0.25) is 0 Å². The van der Waals surface area contributed by atoms with Gasteiger partial charge in [0, 0.05) is 15.6 Å². The van der Waals surface area contributed by atoms with Gasteiger partial charge in [-0.05, 0) is 18.2 Å². The van der Waals surface area contributed by atoms with Gasteiger partial charge in [0.15, 0.2) is 0 Å². The van der Waals surface area contributed by atoms with E-state index in [2.05, 4.69) is 0 Å². The number of benzene rings is 1. The molecule has 0 aliphatic carbocycles. The second-order valence-corrected chi connectivity index (χ2v) is 4.01. The van der Waals surface area contributed by atoms with Crippen molar-refractivity contribution in [2.45, 2.75) is 0 Å².